The van der Waals surface area contributed by atoms with Crippen molar-refractivity contribution in [1.82, 2.24) is 5.32 Å². The highest BCUT2D eigenvalue weighted by atomic mass is 31.2. The van der Waals surface area contributed by atoms with E-state index >= 15 is 0 Å². The second-order valence-electron chi connectivity index (χ2n) is 25.4. The number of nitrogens with zero attached hydrogens (tertiary/aromatic N) is 1. The molecule has 0 bridgehead atoms. The highest BCUT2D eigenvalue weighted by Crippen LogP contribution is 2.38. The number of amides is 1. The summed E-state index contributed by atoms with van der Waals surface area (Å²) in [4.78, 5) is 40.2. The van der Waals surface area contributed by atoms with Gasteiger partial charge in [-0.05, 0) is 102 Å². The molecule has 494 valence electrons. The highest BCUT2D eigenvalue weighted by Gasteiger charge is 2.27. The summed E-state index contributed by atoms with van der Waals surface area (Å²) >= 11 is 0. The van der Waals surface area contributed by atoms with Gasteiger partial charge in [0.1, 0.15) is 19.3 Å². The molecule has 0 spiro atoms. The zero-order valence-electron chi connectivity index (χ0n) is 56.6. The van der Waals surface area contributed by atoms with E-state index in [0.29, 0.717) is 17.4 Å². The first-order valence-corrected chi connectivity index (χ1v) is 37.4. The van der Waals surface area contributed by atoms with Crippen LogP contribution in [0.4, 0.5) is 0 Å². The van der Waals surface area contributed by atoms with Crippen molar-refractivity contribution >= 4 is 19.7 Å². The molecule has 0 fully saturated rings. The molecule has 0 saturated heterocycles. The fourth-order valence-corrected chi connectivity index (χ4v) is 11.0. The third-order valence-electron chi connectivity index (χ3n) is 15.8. The van der Waals surface area contributed by atoms with E-state index in [0.717, 1.165) is 103 Å². The van der Waals surface area contributed by atoms with Crippen LogP contribution in [0.25, 0.3) is 0 Å². The Morgan fingerprint density at radius 3 is 1.14 bits per heavy atom. The molecular weight excluding hydrogens is 1070 g/mol. The first kappa shape index (κ1) is 82.2. The van der Waals surface area contributed by atoms with E-state index in [1.807, 2.05) is 33.3 Å². The number of hydrogen-bond donors (Lipinski definition) is 1. The molecule has 0 aliphatic rings. The molecule has 0 saturated carbocycles. The maximum Gasteiger partial charge on any atom is 0.306 e. The lowest BCUT2D eigenvalue weighted by Crippen LogP contribution is -2.47. The topological polar surface area (TPSA) is 114 Å². The zero-order chi connectivity index (χ0) is 62.1. The van der Waals surface area contributed by atoms with Crippen LogP contribution in [0.3, 0.4) is 0 Å². The molecule has 10 heteroatoms. The van der Waals surface area contributed by atoms with Gasteiger partial charge in [0, 0.05) is 12.8 Å². The third kappa shape index (κ3) is 65.5. The van der Waals surface area contributed by atoms with Gasteiger partial charge in [0.2, 0.25) is 5.91 Å². The normalized spacial score (nSPS) is 14.0. The van der Waals surface area contributed by atoms with Gasteiger partial charge in [0.05, 0.1) is 33.8 Å². The van der Waals surface area contributed by atoms with Crippen molar-refractivity contribution < 1.29 is 37.3 Å². The van der Waals surface area contributed by atoms with Gasteiger partial charge in [-0.1, -0.05) is 299 Å². The summed E-state index contributed by atoms with van der Waals surface area (Å²) in [5.74, 6) is -0.541. The number of quaternary nitrogens is 1. The van der Waals surface area contributed by atoms with E-state index in [1.54, 1.807) is 0 Å². The fourth-order valence-electron chi connectivity index (χ4n) is 10.3. The summed E-state index contributed by atoms with van der Waals surface area (Å²) in [5, 5.41) is 3.04. The molecule has 0 aromatic carbocycles. The van der Waals surface area contributed by atoms with E-state index in [4.69, 9.17) is 13.8 Å². The molecule has 0 aliphatic carbocycles. The van der Waals surface area contributed by atoms with Crippen LogP contribution in [0, 0.1) is 0 Å². The van der Waals surface area contributed by atoms with Crippen molar-refractivity contribution in [2.75, 3.05) is 40.9 Å². The number of hydrogen-bond acceptors (Lipinski definition) is 7. The Kier molecular flexibility index (Phi) is 62.1. The molecule has 1 N–H and O–H groups in total. The SMILES string of the molecule is CC/C=C\C/C=C\C/C=C\C/C=C\C/C=C\CCCCCCCCCCCC(=O)NC(COP(=O)([O-])OCC[N+](C)(C)C)C(/C=C/CCCCCCCCCCC)OC(=O)CCCCCCCCCCCCCCC/C=C/CCCCCCCC. The Balaban J connectivity index is 5.02. The quantitative estimate of drug-likeness (QED) is 0.0212. The Labute approximate surface area is 526 Å². The highest BCUT2D eigenvalue weighted by molar-refractivity contribution is 7.45. The molecule has 1 amide bonds. The molecule has 0 rings (SSSR count). The number of nitrogens with one attached hydrogen (secondary N) is 1. The van der Waals surface area contributed by atoms with E-state index in [2.05, 4.69) is 99.0 Å². The van der Waals surface area contributed by atoms with Gasteiger partial charge in [0.25, 0.3) is 7.82 Å². The van der Waals surface area contributed by atoms with Crippen molar-refractivity contribution in [2.45, 2.75) is 341 Å². The maximum absolute atomic E-state index is 13.6. The predicted octanol–water partition coefficient (Wildman–Crippen LogP) is 22.3. The Bertz CT molecular complexity index is 1730. The van der Waals surface area contributed by atoms with Gasteiger partial charge in [-0.3, -0.25) is 14.2 Å². The summed E-state index contributed by atoms with van der Waals surface area (Å²) < 4.78 is 30.4. The Morgan fingerprint density at radius 1 is 0.424 bits per heavy atom. The number of likely N-dealkylation sites (N-methyl/N-ethyl adjacent to an activating group) is 1. The van der Waals surface area contributed by atoms with Crippen LogP contribution in [-0.4, -0.2) is 69.4 Å². The minimum atomic E-state index is -4.71. The molecule has 0 aromatic rings. The number of esters is 1. The van der Waals surface area contributed by atoms with Crippen molar-refractivity contribution in [3.63, 3.8) is 0 Å². The van der Waals surface area contributed by atoms with Crippen LogP contribution in [-0.2, 0) is 27.9 Å². The van der Waals surface area contributed by atoms with Crippen LogP contribution in [0.2, 0.25) is 0 Å². The third-order valence-corrected chi connectivity index (χ3v) is 16.8. The summed E-state index contributed by atoms with van der Waals surface area (Å²) in [6.07, 6.45) is 85.7. The average Bonchev–Trinajstić information content (AvgIpc) is 3.64. The van der Waals surface area contributed by atoms with Gasteiger partial charge in [0.15, 0.2) is 0 Å². The van der Waals surface area contributed by atoms with E-state index in [1.165, 1.54) is 193 Å². The minimum Gasteiger partial charge on any atom is -0.756 e. The van der Waals surface area contributed by atoms with Gasteiger partial charge >= 0.3 is 5.97 Å². The number of allylic oxidation sites excluding steroid dienone is 13. The van der Waals surface area contributed by atoms with Crippen LogP contribution < -0.4 is 10.2 Å². The van der Waals surface area contributed by atoms with Crippen molar-refractivity contribution in [3.05, 3.63) is 85.1 Å². The minimum absolute atomic E-state index is 0.0256. The molecule has 9 nitrogen and oxygen atoms in total. The summed E-state index contributed by atoms with van der Waals surface area (Å²) in [5.41, 5.74) is 0. The average molecular weight is 1210 g/mol. The number of phosphoric acid groups is 1. The van der Waals surface area contributed by atoms with Crippen molar-refractivity contribution in [3.8, 4) is 0 Å². The first-order valence-electron chi connectivity index (χ1n) is 35.9. The summed E-state index contributed by atoms with van der Waals surface area (Å²) in [6, 6.07) is -0.896. The number of ether oxygens (including phenoxy) is 1. The van der Waals surface area contributed by atoms with Crippen LogP contribution in [0.15, 0.2) is 85.1 Å². The Hall–Kier alpha value is -2.81. The fraction of sp³-hybridized carbons (Fsp3) is 0.787. The van der Waals surface area contributed by atoms with E-state index in [-0.39, 0.29) is 24.9 Å². The van der Waals surface area contributed by atoms with Gasteiger partial charge in [-0.25, -0.2) is 0 Å². The van der Waals surface area contributed by atoms with Gasteiger partial charge in [-0.2, -0.15) is 0 Å². The van der Waals surface area contributed by atoms with Crippen LogP contribution in [0.1, 0.15) is 329 Å². The monoisotopic (exact) mass is 1210 g/mol. The van der Waals surface area contributed by atoms with Crippen LogP contribution >= 0.6 is 7.82 Å². The molecule has 3 atom stereocenters. The standard InChI is InChI=1S/C75H137N2O7P/c1-7-10-13-16-19-22-25-27-29-31-33-35-37-38-40-41-43-45-47-49-52-55-58-61-64-67-74(78)76-72(71-83-85(80,81)82-70-69-77(4,5)6)73(66-63-60-57-54-51-24-21-18-15-12-9-3)84-75(79)68-65-62-59-56-53-50-48-46-44-42-39-36-34-32-30-28-26-23-20-17-14-11-8-2/h10,13,19,22,27-30,33,35,38,40,63,66,72-73H,7-9,11-12,14-18,20-21,23-26,31-32,34,36-37,39,41-62,64-65,67-71H2,1-6H3,(H-,76,78,80,81)/b13-10-,22-19-,29-27-,30-28+,35-33-,40-38-,66-63+. The van der Waals surface area contributed by atoms with Crippen molar-refractivity contribution in [1.29, 1.82) is 0 Å². The molecule has 0 aliphatic heterocycles. The number of unbranched alkanes of at least 4 members (excludes halogenated alkanes) is 37. The molecule has 0 radical (unpaired) electrons. The lowest BCUT2D eigenvalue weighted by atomic mass is 10.0. The summed E-state index contributed by atoms with van der Waals surface area (Å²) in [6.45, 7) is 6.75. The van der Waals surface area contributed by atoms with Crippen molar-refractivity contribution in [2.24, 2.45) is 0 Å². The smallest absolute Gasteiger partial charge is 0.306 e. The zero-order valence-corrected chi connectivity index (χ0v) is 57.4. The summed E-state index contributed by atoms with van der Waals surface area (Å²) in [7, 11) is 1.18. The predicted molar refractivity (Wildman–Crippen MR) is 367 cm³/mol. The van der Waals surface area contributed by atoms with Gasteiger partial charge in [-0.15, -0.1) is 0 Å². The lowest BCUT2D eigenvalue weighted by molar-refractivity contribution is -0.870. The Morgan fingerprint density at radius 2 is 0.753 bits per heavy atom. The number of carbonyl (C=O) groups excluding carboxylic acids is 2. The lowest BCUT2D eigenvalue weighted by Gasteiger charge is -2.30. The van der Waals surface area contributed by atoms with Crippen LogP contribution in [0.5, 0.6) is 0 Å². The largest absolute Gasteiger partial charge is 0.756 e. The number of phosphoric ester groups is 1. The number of rotatable bonds is 65. The molecule has 0 aromatic heterocycles. The van der Waals surface area contributed by atoms with E-state index in [9.17, 15) is 19.0 Å². The molecular formula is C75H137N2O7P. The number of carbonyl (C=O) groups is 2. The van der Waals surface area contributed by atoms with E-state index < -0.39 is 26.6 Å². The second kappa shape index (κ2) is 64.2. The maximum atomic E-state index is 13.6. The molecule has 0 heterocycles. The van der Waals surface area contributed by atoms with Gasteiger partial charge < -0.3 is 28.5 Å². The molecule has 3 unspecified atom stereocenters. The molecule has 85 heavy (non-hydrogen) atoms. The second-order valence-corrected chi connectivity index (χ2v) is 26.8. The first-order chi connectivity index (χ1) is 41.4.